The molecule has 2 fully saturated rings. The van der Waals surface area contributed by atoms with E-state index in [0.29, 0.717) is 11.6 Å². The number of nitrogens with zero attached hydrogens (tertiary/aromatic N) is 1. The van der Waals surface area contributed by atoms with E-state index in [9.17, 15) is 9.59 Å². The smallest absolute Gasteiger partial charge is 0.319 e. The lowest BCUT2D eigenvalue weighted by atomic mass is 9.85. The van der Waals surface area contributed by atoms with Crippen molar-refractivity contribution in [2.24, 2.45) is 5.92 Å². The predicted molar refractivity (Wildman–Crippen MR) is 103 cm³/mol. The van der Waals surface area contributed by atoms with E-state index in [1.54, 1.807) is 7.11 Å². The number of carbonyl (C=O) groups excluding carboxylic acids is 1. The van der Waals surface area contributed by atoms with Gasteiger partial charge in [-0.3, -0.25) is 9.69 Å². The van der Waals surface area contributed by atoms with Crippen LogP contribution in [-0.2, 0) is 11.2 Å². The van der Waals surface area contributed by atoms with Crippen LogP contribution in [0.5, 0.6) is 5.75 Å². The summed E-state index contributed by atoms with van der Waals surface area (Å²) in [6.07, 6.45) is 4.87. The predicted octanol–water partition coefficient (Wildman–Crippen LogP) is 2.71. The fraction of sp³-hybridized carbons (Fsp3) is 0.600. The van der Waals surface area contributed by atoms with Crippen LogP contribution in [0.25, 0.3) is 0 Å². The first-order valence-corrected chi connectivity index (χ1v) is 9.68. The van der Waals surface area contributed by atoms with E-state index in [2.05, 4.69) is 22.5 Å². The molecule has 27 heavy (non-hydrogen) atoms. The Balaban J connectivity index is 1.46. The number of urea groups is 1. The molecule has 0 heterocycles. The molecular weight excluding hydrogens is 346 g/mol. The Kier molecular flexibility index (Phi) is 6.21. The molecule has 7 heteroatoms. The summed E-state index contributed by atoms with van der Waals surface area (Å²) in [5, 5.41) is 14.9. The van der Waals surface area contributed by atoms with Crippen LogP contribution in [0, 0.1) is 5.92 Å². The molecule has 0 aliphatic heterocycles. The van der Waals surface area contributed by atoms with Crippen molar-refractivity contribution in [1.29, 1.82) is 0 Å². The Hall–Kier alpha value is -2.28. The third-order valence-corrected chi connectivity index (χ3v) is 5.42. The molecule has 2 aliphatic rings. The molecule has 3 rings (SSSR count). The van der Waals surface area contributed by atoms with Gasteiger partial charge in [-0.25, -0.2) is 4.79 Å². The molecule has 0 aromatic heterocycles. The molecule has 1 aromatic carbocycles. The van der Waals surface area contributed by atoms with E-state index in [1.165, 1.54) is 12.8 Å². The van der Waals surface area contributed by atoms with Crippen LogP contribution in [0.4, 0.5) is 10.5 Å². The maximum absolute atomic E-state index is 12.2. The van der Waals surface area contributed by atoms with E-state index >= 15 is 0 Å². The molecule has 1 aromatic rings. The Labute approximate surface area is 160 Å². The minimum absolute atomic E-state index is 0.0855. The van der Waals surface area contributed by atoms with Gasteiger partial charge in [0, 0.05) is 30.4 Å². The van der Waals surface area contributed by atoms with Gasteiger partial charge in [-0.2, -0.15) is 0 Å². The summed E-state index contributed by atoms with van der Waals surface area (Å²) in [4.78, 5) is 25.4. The molecule has 0 unspecified atom stereocenters. The van der Waals surface area contributed by atoms with E-state index in [-0.39, 0.29) is 24.7 Å². The third-order valence-electron chi connectivity index (χ3n) is 5.42. The van der Waals surface area contributed by atoms with E-state index in [1.807, 2.05) is 18.2 Å². The summed E-state index contributed by atoms with van der Waals surface area (Å²) in [7, 11) is 1.62. The number of rotatable bonds is 9. The maximum Gasteiger partial charge on any atom is 0.319 e. The van der Waals surface area contributed by atoms with Crippen molar-refractivity contribution in [3.05, 3.63) is 23.8 Å². The highest BCUT2D eigenvalue weighted by Crippen LogP contribution is 2.33. The fourth-order valence-corrected chi connectivity index (χ4v) is 3.62. The van der Waals surface area contributed by atoms with Gasteiger partial charge in [0.05, 0.1) is 13.7 Å². The molecule has 2 amide bonds. The van der Waals surface area contributed by atoms with Crippen molar-refractivity contribution in [2.75, 3.05) is 25.5 Å². The highest BCUT2D eigenvalue weighted by Gasteiger charge is 2.37. The van der Waals surface area contributed by atoms with Gasteiger partial charge < -0.3 is 20.5 Å². The first-order valence-electron chi connectivity index (χ1n) is 9.68. The minimum Gasteiger partial charge on any atom is -0.496 e. The topological polar surface area (TPSA) is 90.9 Å². The van der Waals surface area contributed by atoms with Gasteiger partial charge >= 0.3 is 12.0 Å². The lowest BCUT2D eigenvalue weighted by molar-refractivity contribution is -0.139. The summed E-state index contributed by atoms with van der Waals surface area (Å²) in [6.45, 7) is 3.00. The molecular formula is C20H29N3O4. The second kappa shape index (κ2) is 8.61. The van der Waals surface area contributed by atoms with Crippen LogP contribution in [0.1, 0.15) is 38.2 Å². The zero-order chi connectivity index (χ0) is 19.4. The minimum atomic E-state index is -0.783. The van der Waals surface area contributed by atoms with Crippen molar-refractivity contribution in [2.45, 2.75) is 51.1 Å². The lowest BCUT2D eigenvalue weighted by Crippen LogP contribution is -2.55. The quantitative estimate of drug-likeness (QED) is 0.617. The van der Waals surface area contributed by atoms with Gasteiger partial charge in [0.15, 0.2) is 0 Å². The van der Waals surface area contributed by atoms with Crippen LogP contribution < -0.4 is 15.4 Å². The van der Waals surface area contributed by atoms with Gasteiger partial charge in [0.2, 0.25) is 0 Å². The number of ether oxygens (including phenoxy) is 1. The second-order valence-electron chi connectivity index (χ2n) is 7.57. The van der Waals surface area contributed by atoms with Gasteiger partial charge in [-0.15, -0.1) is 0 Å². The zero-order valence-corrected chi connectivity index (χ0v) is 16.0. The van der Waals surface area contributed by atoms with Crippen LogP contribution in [0.15, 0.2) is 18.2 Å². The molecule has 148 valence electrons. The third kappa shape index (κ3) is 5.35. The molecule has 7 nitrogen and oxygen atoms in total. The number of hydrogen-bond acceptors (Lipinski definition) is 4. The first kappa shape index (κ1) is 19.5. The average Bonchev–Trinajstić information content (AvgIpc) is 3.40. The number of anilines is 1. The Morgan fingerprint density at radius 2 is 2.04 bits per heavy atom. The van der Waals surface area contributed by atoms with Gasteiger partial charge in [-0.1, -0.05) is 13.0 Å². The highest BCUT2D eigenvalue weighted by atomic mass is 16.5. The van der Waals surface area contributed by atoms with Crippen LogP contribution >= 0.6 is 0 Å². The summed E-state index contributed by atoms with van der Waals surface area (Å²) in [6, 6.07) is 5.74. The van der Waals surface area contributed by atoms with Crippen molar-refractivity contribution in [3.63, 3.8) is 0 Å². The number of hydrogen-bond donors (Lipinski definition) is 3. The van der Waals surface area contributed by atoms with E-state index in [4.69, 9.17) is 9.84 Å². The number of aryl methyl sites for hydroxylation is 1. The number of methoxy groups -OCH3 is 1. The zero-order valence-electron chi connectivity index (χ0n) is 16.0. The monoisotopic (exact) mass is 375 g/mol. The molecule has 0 spiro atoms. The Bertz CT molecular complexity index is 684. The molecule has 0 saturated heterocycles. The standard InChI is InChI=1S/C20H29N3O4/c1-3-14-6-7-15(10-18(14)27-2)21-20(26)22-16-8-17(9-16)23(12-19(24)25)11-13-4-5-13/h6-7,10,13,16-17H,3-5,8-9,11-12H2,1-2H3,(H,24,25)(H2,21,22,26). The van der Waals surface area contributed by atoms with Crippen LogP contribution in [0.3, 0.4) is 0 Å². The van der Waals surface area contributed by atoms with Crippen molar-refractivity contribution in [3.8, 4) is 5.75 Å². The SMILES string of the molecule is CCc1ccc(NC(=O)NC2CC(N(CC(=O)O)CC3CC3)C2)cc1OC. The number of benzene rings is 1. The molecule has 0 bridgehead atoms. The fourth-order valence-electron chi connectivity index (χ4n) is 3.62. The Morgan fingerprint density at radius 1 is 1.30 bits per heavy atom. The molecule has 3 N–H and O–H groups in total. The summed E-state index contributed by atoms with van der Waals surface area (Å²) >= 11 is 0. The molecule has 0 atom stereocenters. The number of carbonyl (C=O) groups is 2. The van der Waals surface area contributed by atoms with Gasteiger partial charge in [0.25, 0.3) is 0 Å². The number of amides is 2. The average molecular weight is 375 g/mol. The second-order valence-corrected chi connectivity index (χ2v) is 7.57. The van der Waals surface area contributed by atoms with Crippen molar-refractivity contribution >= 4 is 17.7 Å². The molecule has 2 aliphatic carbocycles. The number of nitrogens with one attached hydrogen (secondary N) is 2. The van der Waals surface area contributed by atoms with Crippen molar-refractivity contribution in [1.82, 2.24) is 10.2 Å². The van der Waals surface area contributed by atoms with E-state index < -0.39 is 5.97 Å². The number of carboxylic acid groups (broad SMARTS) is 1. The normalized spacial score (nSPS) is 21.4. The van der Waals surface area contributed by atoms with Gasteiger partial charge in [0.1, 0.15) is 5.75 Å². The number of carboxylic acids is 1. The largest absolute Gasteiger partial charge is 0.496 e. The highest BCUT2D eigenvalue weighted by molar-refractivity contribution is 5.89. The summed E-state index contributed by atoms with van der Waals surface area (Å²) < 4.78 is 5.36. The van der Waals surface area contributed by atoms with Crippen molar-refractivity contribution < 1.29 is 19.4 Å². The lowest BCUT2D eigenvalue weighted by Gasteiger charge is -2.42. The van der Waals surface area contributed by atoms with Crippen LogP contribution in [-0.4, -0.2) is 54.3 Å². The first-order chi connectivity index (χ1) is 13.0. The summed E-state index contributed by atoms with van der Waals surface area (Å²) in [5.41, 5.74) is 1.79. The number of aliphatic carboxylic acids is 1. The molecule has 2 saturated carbocycles. The maximum atomic E-state index is 12.2. The summed E-state index contributed by atoms with van der Waals surface area (Å²) in [5.74, 6) is 0.637. The van der Waals surface area contributed by atoms with Crippen LogP contribution in [0.2, 0.25) is 0 Å². The Morgan fingerprint density at radius 3 is 2.63 bits per heavy atom. The van der Waals surface area contributed by atoms with E-state index in [0.717, 1.165) is 37.1 Å². The van der Waals surface area contributed by atoms with Gasteiger partial charge in [-0.05, 0) is 49.7 Å². The molecule has 0 radical (unpaired) electrons.